The minimum absolute atomic E-state index is 0.328. The number of carboxylic acids is 1. The lowest BCUT2D eigenvalue weighted by atomic mass is 9.73. The Labute approximate surface area is 119 Å². The molecule has 6 heteroatoms. The normalized spacial score (nSPS) is 21.8. The van der Waals surface area contributed by atoms with Crippen LogP contribution in [0.15, 0.2) is 42.5 Å². The lowest BCUT2D eigenvalue weighted by Gasteiger charge is -2.29. The molecular formula is C15H13F3O3. The summed E-state index contributed by atoms with van der Waals surface area (Å²) >= 11 is 0. The molecule has 1 aliphatic carbocycles. The molecule has 1 N–H and O–H groups in total. The van der Waals surface area contributed by atoms with E-state index < -0.39 is 17.7 Å². The number of hydrogen-bond acceptors (Lipinski definition) is 2. The molecule has 3 nitrogen and oxygen atoms in total. The first-order valence-electron chi connectivity index (χ1n) is 6.19. The maximum atomic E-state index is 12.1. The summed E-state index contributed by atoms with van der Waals surface area (Å²) in [6, 6.07) is 5.19. The van der Waals surface area contributed by atoms with Crippen LogP contribution in [0.3, 0.4) is 0 Å². The number of hydrogen-bond donors (Lipinski definition) is 1. The first kappa shape index (κ1) is 15.2. The Hall–Kier alpha value is -2.24. The summed E-state index contributed by atoms with van der Waals surface area (Å²) in [6.07, 6.45) is 0.731. The van der Waals surface area contributed by atoms with Gasteiger partial charge in [0, 0.05) is 0 Å². The van der Waals surface area contributed by atoms with E-state index in [2.05, 4.69) is 4.74 Å². The largest absolute Gasteiger partial charge is 0.573 e. The van der Waals surface area contributed by atoms with Gasteiger partial charge in [0.25, 0.3) is 0 Å². The fraction of sp³-hybridized carbons (Fsp3) is 0.267. The van der Waals surface area contributed by atoms with Crippen LogP contribution in [0, 0.1) is 5.41 Å². The molecule has 0 bridgehead atoms. The minimum atomic E-state index is -4.75. The zero-order valence-electron chi connectivity index (χ0n) is 11.1. The molecule has 0 saturated heterocycles. The highest BCUT2D eigenvalue weighted by Gasteiger charge is 2.38. The maximum absolute atomic E-state index is 12.1. The van der Waals surface area contributed by atoms with Crippen LogP contribution in [0.25, 0.3) is 5.57 Å². The van der Waals surface area contributed by atoms with Crippen molar-refractivity contribution in [3.63, 3.8) is 0 Å². The lowest BCUT2D eigenvalue weighted by molar-refractivity contribution is -0.274. The molecule has 0 fully saturated rings. The van der Waals surface area contributed by atoms with Crippen LogP contribution in [-0.4, -0.2) is 17.4 Å². The average molecular weight is 298 g/mol. The molecule has 1 atom stereocenters. The number of rotatable bonds is 3. The van der Waals surface area contributed by atoms with Gasteiger partial charge in [0.2, 0.25) is 0 Å². The summed E-state index contributed by atoms with van der Waals surface area (Å²) in [5, 5.41) is 9.39. The van der Waals surface area contributed by atoms with Gasteiger partial charge in [0.05, 0.1) is 5.41 Å². The van der Waals surface area contributed by atoms with Crippen molar-refractivity contribution in [2.45, 2.75) is 19.7 Å². The van der Waals surface area contributed by atoms with Gasteiger partial charge in [-0.15, -0.1) is 13.2 Å². The van der Waals surface area contributed by atoms with E-state index in [1.54, 1.807) is 25.2 Å². The number of allylic oxidation sites excluding steroid dienone is 3. The molecule has 21 heavy (non-hydrogen) atoms. The van der Waals surface area contributed by atoms with E-state index in [1.165, 1.54) is 24.3 Å². The first-order valence-corrected chi connectivity index (χ1v) is 6.19. The molecule has 1 aliphatic rings. The van der Waals surface area contributed by atoms with Crippen molar-refractivity contribution in [2.75, 3.05) is 0 Å². The molecule has 0 amide bonds. The third-order valence-corrected chi connectivity index (χ3v) is 3.39. The van der Waals surface area contributed by atoms with Crippen molar-refractivity contribution in [3.05, 3.63) is 48.1 Å². The molecule has 0 spiro atoms. The third-order valence-electron chi connectivity index (χ3n) is 3.39. The van der Waals surface area contributed by atoms with Gasteiger partial charge in [0.15, 0.2) is 0 Å². The Morgan fingerprint density at radius 2 is 1.90 bits per heavy atom. The van der Waals surface area contributed by atoms with Gasteiger partial charge in [-0.3, -0.25) is 4.79 Å². The number of carboxylic acid groups (broad SMARTS) is 1. The maximum Gasteiger partial charge on any atom is 0.573 e. The van der Waals surface area contributed by atoms with Crippen molar-refractivity contribution in [3.8, 4) is 5.75 Å². The van der Waals surface area contributed by atoms with Gasteiger partial charge in [-0.25, -0.2) is 0 Å². The van der Waals surface area contributed by atoms with Crippen LogP contribution < -0.4 is 4.74 Å². The summed E-state index contributed by atoms with van der Waals surface area (Å²) in [6.45, 7) is 1.59. The highest BCUT2D eigenvalue weighted by Crippen LogP contribution is 2.41. The summed E-state index contributed by atoms with van der Waals surface area (Å²) < 4.78 is 40.1. The van der Waals surface area contributed by atoms with Crippen LogP contribution in [0.2, 0.25) is 0 Å². The predicted molar refractivity (Wildman–Crippen MR) is 70.6 cm³/mol. The predicted octanol–water partition coefficient (Wildman–Crippen LogP) is 4.02. The van der Waals surface area contributed by atoms with E-state index in [1.807, 2.05) is 0 Å². The van der Waals surface area contributed by atoms with E-state index in [-0.39, 0.29) is 5.75 Å². The third kappa shape index (κ3) is 3.26. The Morgan fingerprint density at radius 3 is 2.43 bits per heavy atom. The van der Waals surface area contributed by atoms with Crippen molar-refractivity contribution in [2.24, 2.45) is 5.41 Å². The Bertz CT molecular complexity index is 600. The summed E-state index contributed by atoms with van der Waals surface area (Å²) in [7, 11) is 0. The number of ether oxygens (including phenoxy) is 1. The van der Waals surface area contributed by atoms with Crippen molar-refractivity contribution >= 4 is 11.5 Å². The van der Waals surface area contributed by atoms with E-state index in [0.717, 1.165) is 0 Å². The smallest absolute Gasteiger partial charge is 0.481 e. The standard InChI is InChI=1S/C15H13F3O3/c1-14(13(19)20)9-3-2-4-12(14)10-5-7-11(8-6-10)21-15(16,17)18/h2-8H,9H2,1H3,(H,19,20). The highest BCUT2D eigenvalue weighted by atomic mass is 19.4. The van der Waals surface area contributed by atoms with Crippen LogP contribution in [-0.2, 0) is 4.79 Å². The van der Waals surface area contributed by atoms with Crippen LogP contribution >= 0.6 is 0 Å². The zero-order valence-corrected chi connectivity index (χ0v) is 11.1. The van der Waals surface area contributed by atoms with Gasteiger partial charge in [-0.2, -0.15) is 0 Å². The molecule has 2 rings (SSSR count). The van der Waals surface area contributed by atoms with Crippen molar-refractivity contribution in [1.29, 1.82) is 0 Å². The van der Waals surface area contributed by atoms with Gasteiger partial charge in [-0.05, 0) is 36.6 Å². The molecule has 112 valence electrons. The topological polar surface area (TPSA) is 46.5 Å². The Kier molecular flexibility index (Phi) is 3.80. The van der Waals surface area contributed by atoms with E-state index in [9.17, 15) is 23.1 Å². The van der Waals surface area contributed by atoms with Gasteiger partial charge >= 0.3 is 12.3 Å². The number of halogens is 3. The summed E-state index contributed by atoms with van der Waals surface area (Å²) in [4.78, 5) is 11.5. The highest BCUT2D eigenvalue weighted by molar-refractivity contribution is 5.93. The second kappa shape index (κ2) is 5.27. The van der Waals surface area contributed by atoms with Gasteiger partial charge in [-0.1, -0.05) is 30.4 Å². The van der Waals surface area contributed by atoms with Crippen molar-refractivity contribution < 1.29 is 27.8 Å². The van der Waals surface area contributed by atoms with Crippen LogP contribution in [0.4, 0.5) is 13.2 Å². The van der Waals surface area contributed by atoms with Crippen LogP contribution in [0.5, 0.6) is 5.75 Å². The number of benzene rings is 1. The second-order valence-electron chi connectivity index (χ2n) is 4.92. The summed E-state index contributed by atoms with van der Waals surface area (Å²) in [5.74, 6) is -1.32. The zero-order chi connectivity index (χ0) is 15.7. The van der Waals surface area contributed by atoms with E-state index in [4.69, 9.17) is 0 Å². The first-order chi connectivity index (χ1) is 9.72. The number of carbonyl (C=O) groups is 1. The average Bonchev–Trinajstić information content (AvgIpc) is 2.38. The molecule has 0 aromatic heterocycles. The van der Waals surface area contributed by atoms with Crippen molar-refractivity contribution in [1.82, 2.24) is 0 Å². The quantitative estimate of drug-likeness (QED) is 0.916. The molecule has 1 aromatic carbocycles. The monoisotopic (exact) mass is 298 g/mol. The molecule has 1 unspecified atom stereocenters. The number of aliphatic carboxylic acids is 1. The molecule has 0 aliphatic heterocycles. The fourth-order valence-corrected chi connectivity index (χ4v) is 2.22. The molecule has 1 aromatic rings. The fourth-order valence-electron chi connectivity index (χ4n) is 2.22. The Balaban J connectivity index is 2.31. The van der Waals surface area contributed by atoms with Crippen LogP contribution in [0.1, 0.15) is 18.9 Å². The SMILES string of the molecule is CC1(C(=O)O)CC=CC=C1c1ccc(OC(F)(F)F)cc1. The second-order valence-corrected chi connectivity index (χ2v) is 4.92. The van der Waals surface area contributed by atoms with Gasteiger partial charge < -0.3 is 9.84 Å². The number of alkyl halides is 3. The molecular weight excluding hydrogens is 285 g/mol. The Morgan fingerprint density at radius 1 is 1.29 bits per heavy atom. The molecule has 0 saturated carbocycles. The summed E-state index contributed by atoms with van der Waals surface area (Å²) in [5.41, 5.74) is 0.0102. The van der Waals surface area contributed by atoms with E-state index in [0.29, 0.717) is 17.6 Å². The van der Waals surface area contributed by atoms with E-state index >= 15 is 0 Å². The molecule has 0 radical (unpaired) electrons. The lowest BCUT2D eigenvalue weighted by Crippen LogP contribution is -2.29. The molecule has 0 heterocycles. The van der Waals surface area contributed by atoms with Gasteiger partial charge in [0.1, 0.15) is 5.75 Å². The minimum Gasteiger partial charge on any atom is -0.481 e.